The SMILES string of the molecule is C[C@H](Nc1nc(C(=O)N2CCCC2)c2sc(Cl)cc2n1)c1cccnc1. The van der Waals surface area contributed by atoms with Gasteiger partial charge in [0.2, 0.25) is 5.95 Å². The van der Waals surface area contributed by atoms with Crippen LogP contribution in [0.2, 0.25) is 4.34 Å². The quantitative estimate of drug-likeness (QED) is 0.728. The van der Waals surface area contributed by atoms with Gasteiger partial charge in [0.05, 0.1) is 20.6 Å². The molecule has 8 heteroatoms. The lowest BCUT2D eigenvalue weighted by Gasteiger charge is -2.17. The molecule has 4 rings (SSSR count). The topological polar surface area (TPSA) is 71.0 Å². The van der Waals surface area contributed by atoms with E-state index in [1.807, 2.05) is 24.0 Å². The van der Waals surface area contributed by atoms with Crippen molar-refractivity contribution in [2.45, 2.75) is 25.8 Å². The first-order valence-electron chi connectivity index (χ1n) is 8.54. The maximum absolute atomic E-state index is 12.9. The number of pyridine rings is 1. The minimum atomic E-state index is -0.0505. The maximum Gasteiger partial charge on any atom is 0.274 e. The minimum absolute atomic E-state index is 0.0370. The highest BCUT2D eigenvalue weighted by atomic mass is 35.5. The molecular weight excluding hydrogens is 370 g/mol. The van der Waals surface area contributed by atoms with E-state index >= 15 is 0 Å². The van der Waals surface area contributed by atoms with Crippen LogP contribution >= 0.6 is 22.9 Å². The summed E-state index contributed by atoms with van der Waals surface area (Å²) < 4.78 is 1.34. The Morgan fingerprint density at radius 2 is 2.15 bits per heavy atom. The van der Waals surface area contributed by atoms with E-state index in [9.17, 15) is 4.79 Å². The average molecular weight is 388 g/mol. The zero-order valence-electron chi connectivity index (χ0n) is 14.3. The standard InChI is InChI=1S/C18H18ClN5OS/c1-11(12-5-4-6-20-10-12)21-18-22-13-9-14(19)26-16(13)15(23-18)17(25)24-7-2-3-8-24/h4-6,9-11H,2-3,7-8H2,1H3,(H,21,22,23)/t11-/m0/s1. The van der Waals surface area contributed by atoms with Gasteiger partial charge in [-0.3, -0.25) is 9.78 Å². The number of halogens is 1. The van der Waals surface area contributed by atoms with Crippen LogP contribution in [0, 0.1) is 0 Å². The molecule has 1 aliphatic rings. The van der Waals surface area contributed by atoms with E-state index < -0.39 is 0 Å². The molecule has 0 spiro atoms. The number of nitrogens with zero attached hydrogens (tertiary/aromatic N) is 4. The fourth-order valence-corrected chi connectivity index (χ4v) is 4.23. The fraction of sp³-hybridized carbons (Fsp3) is 0.333. The van der Waals surface area contributed by atoms with Crippen LogP contribution < -0.4 is 5.32 Å². The lowest BCUT2D eigenvalue weighted by Crippen LogP contribution is -2.28. The van der Waals surface area contributed by atoms with Gasteiger partial charge in [0, 0.05) is 25.5 Å². The van der Waals surface area contributed by atoms with Crippen molar-refractivity contribution in [1.29, 1.82) is 0 Å². The van der Waals surface area contributed by atoms with Gasteiger partial charge in [0.1, 0.15) is 0 Å². The molecule has 3 aromatic rings. The largest absolute Gasteiger partial charge is 0.348 e. The summed E-state index contributed by atoms with van der Waals surface area (Å²) >= 11 is 7.52. The number of anilines is 1. The summed E-state index contributed by atoms with van der Waals surface area (Å²) in [4.78, 5) is 28.0. The summed E-state index contributed by atoms with van der Waals surface area (Å²) in [7, 11) is 0. The van der Waals surface area contributed by atoms with Gasteiger partial charge < -0.3 is 10.2 Å². The average Bonchev–Trinajstić information content (AvgIpc) is 3.30. The summed E-state index contributed by atoms with van der Waals surface area (Å²) in [5.41, 5.74) is 2.14. The molecule has 1 aliphatic heterocycles. The second kappa shape index (κ2) is 7.17. The number of carbonyl (C=O) groups is 1. The summed E-state index contributed by atoms with van der Waals surface area (Å²) in [6.45, 7) is 3.56. The van der Waals surface area contributed by atoms with Crippen LogP contribution in [0.5, 0.6) is 0 Å². The van der Waals surface area contributed by atoms with Crippen LogP contribution in [0.15, 0.2) is 30.6 Å². The summed E-state index contributed by atoms with van der Waals surface area (Å²) in [5.74, 6) is 0.372. The Balaban J connectivity index is 1.70. The van der Waals surface area contributed by atoms with Gasteiger partial charge in [-0.05, 0) is 37.5 Å². The number of thiophene rings is 1. The van der Waals surface area contributed by atoms with Crippen LogP contribution in [0.4, 0.5) is 5.95 Å². The Bertz CT molecular complexity index is 939. The van der Waals surface area contributed by atoms with Gasteiger partial charge in [0.15, 0.2) is 5.69 Å². The van der Waals surface area contributed by atoms with E-state index in [0.29, 0.717) is 21.5 Å². The highest BCUT2D eigenvalue weighted by molar-refractivity contribution is 7.23. The van der Waals surface area contributed by atoms with E-state index in [1.54, 1.807) is 18.5 Å². The molecule has 1 amide bonds. The molecular formula is C18H18ClN5OS. The Hall–Kier alpha value is -2.25. The van der Waals surface area contributed by atoms with E-state index in [2.05, 4.69) is 20.3 Å². The number of rotatable bonds is 4. The molecule has 0 radical (unpaired) electrons. The highest BCUT2D eigenvalue weighted by Gasteiger charge is 2.25. The molecule has 134 valence electrons. The van der Waals surface area contributed by atoms with Crippen molar-refractivity contribution < 1.29 is 4.79 Å². The summed E-state index contributed by atoms with van der Waals surface area (Å²) in [6, 6.07) is 5.62. The first-order chi connectivity index (χ1) is 12.6. The number of amides is 1. The Morgan fingerprint density at radius 3 is 2.88 bits per heavy atom. The van der Waals surface area contributed by atoms with Gasteiger partial charge >= 0.3 is 0 Å². The van der Waals surface area contributed by atoms with Gasteiger partial charge in [0.25, 0.3) is 5.91 Å². The maximum atomic E-state index is 12.9. The van der Waals surface area contributed by atoms with Crippen LogP contribution in [0.25, 0.3) is 10.2 Å². The number of aromatic nitrogens is 3. The second-order valence-corrected chi connectivity index (χ2v) is 8.00. The first-order valence-corrected chi connectivity index (χ1v) is 9.74. The van der Waals surface area contributed by atoms with Crippen LogP contribution in [0.3, 0.4) is 0 Å². The van der Waals surface area contributed by atoms with Crippen molar-refractivity contribution in [2.24, 2.45) is 0 Å². The Morgan fingerprint density at radius 1 is 1.35 bits per heavy atom. The van der Waals surface area contributed by atoms with Crippen LogP contribution in [-0.4, -0.2) is 38.8 Å². The zero-order chi connectivity index (χ0) is 18.1. The molecule has 26 heavy (non-hydrogen) atoms. The third-order valence-corrected chi connectivity index (χ3v) is 5.73. The third-order valence-electron chi connectivity index (χ3n) is 4.47. The number of hydrogen-bond donors (Lipinski definition) is 1. The van der Waals surface area contributed by atoms with Gasteiger partial charge in [-0.1, -0.05) is 17.7 Å². The molecule has 6 nitrogen and oxygen atoms in total. The number of likely N-dealkylation sites (tertiary alicyclic amines) is 1. The van der Waals surface area contributed by atoms with E-state index in [-0.39, 0.29) is 11.9 Å². The smallest absolute Gasteiger partial charge is 0.274 e. The molecule has 0 saturated carbocycles. The molecule has 0 aliphatic carbocycles. The van der Waals surface area contributed by atoms with Gasteiger partial charge in [-0.15, -0.1) is 11.3 Å². The number of carbonyl (C=O) groups excluding carboxylic acids is 1. The minimum Gasteiger partial charge on any atom is -0.348 e. The van der Waals surface area contributed by atoms with Crippen molar-refractivity contribution in [3.05, 3.63) is 46.2 Å². The highest BCUT2D eigenvalue weighted by Crippen LogP contribution is 2.32. The second-order valence-electron chi connectivity index (χ2n) is 6.31. The molecule has 0 bridgehead atoms. The lowest BCUT2D eigenvalue weighted by atomic mass is 10.1. The molecule has 0 aromatic carbocycles. The van der Waals surface area contributed by atoms with Crippen molar-refractivity contribution in [2.75, 3.05) is 18.4 Å². The molecule has 4 heterocycles. The summed E-state index contributed by atoms with van der Waals surface area (Å²) in [5, 5.41) is 3.27. The monoisotopic (exact) mass is 387 g/mol. The van der Waals surface area contributed by atoms with E-state index in [0.717, 1.165) is 36.2 Å². The van der Waals surface area contributed by atoms with Crippen LogP contribution in [-0.2, 0) is 0 Å². The first kappa shape index (κ1) is 17.2. The molecule has 0 unspecified atom stereocenters. The lowest BCUT2D eigenvalue weighted by molar-refractivity contribution is 0.0789. The molecule has 1 atom stereocenters. The number of hydrogen-bond acceptors (Lipinski definition) is 6. The van der Waals surface area contributed by atoms with Gasteiger partial charge in [-0.25, -0.2) is 9.97 Å². The molecule has 1 fully saturated rings. The van der Waals surface area contributed by atoms with Crippen LogP contribution in [0.1, 0.15) is 41.9 Å². The number of nitrogens with one attached hydrogen (secondary N) is 1. The van der Waals surface area contributed by atoms with E-state index in [1.165, 1.54) is 11.3 Å². The normalized spacial score (nSPS) is 15.4. The summed E-state index contributed by atoms with van der Waals surface area (Å²) in [6.07, 6.45) is 5.61. The Labute approximate surface area is 160 Å². The Kier molecular flexibility index (Phi) is 4.74. The van der Waals surface area contributed by atoms with Gasteiger partial charge in [-0.2, -0.15) is 0 Å². The van der Waals surface area contributed by atoms with Crippen molar-refractivity contribution in [3.8, 4) is 0 Å². The van der Waals surface area contributed by atoms with Crippen molar-refractivity contribution >= 4 is 45.0 Å². The zero-order valence-corrected chi connectivity index (χ0v) is 15.8. The van der Waals surface area contributed by atoms with Crippen molar-refractivity contribution in [3.63, 3.8) is 0 Å². The molecule has 1 saturated heterocycles. The fourth-order valence-electron chi connectivity index (χ4n) is 3.09. The number of fused-ring (bicyclic) bond motifs is 1. The van der Waals surface area contributed by atoms with Crippen molar-refractivity contribution in [1.82, 2.24) is 19.9 Å². The molecule has 3 aromatic heterocycles. The van der Waals surface area contributed by atoms with E-state index in [4.69, 9.17) is 11.6 Å². The third kappa shape index (κ3) is 3.37. The predicted molar refractivity (Wildman–Crippen MR) is 104 cm³/mol. The molecule has 1 N–H and O–H groups in total. The predicted octanol–water partition coefficient (Wildman–Crippen LogP) is 4.15.